The molecule has 6 aromatic rings. The lowest BCUT2D eigenvalue weighted by Crippen LogP contribution is -2.46. The Morgan fingerprint density at radius 3 is 2.00 bits per heavy atom. The number of benzene rings is 6. The van der Waals surface area contributed by atoms with E-state index in [0.29, 0.717) is 21.9 Å². The first kappa shape index (κ1) is 26.6. The number of hydrogen-bond acceptors (Lipinski definition) is 6. The fourth-order valence-electron chi connectivity index (χ4n) is 6.78. The van der Waals surface area contributed by atoms with Crippen LogP contribution in [0.5, 0.6) is 11.5 Å². The van der Waals surface area contributed by atoms with Gasteiger partial charge in [-0.05, 0) is 47.7 Å². The van der Waals surface area contributed by atoms with Gasteiger partial charge >= 0.3 is 14.1 Å². The van der Waals surface area contributed by atoms with Crippen molar-refractivity contribution in [3.63, 3.8) is 0 Å². The second-order valence-corrected chi connectivity index (χ2v) is 12.1. The second-order valence-electron chi connectivity index (χ2n) is 12.1. The lowest BCUT2D eigenvalue weighted by atomic mass is 9.70. The number of carbonyl (C=O) groups is 1. The molecule has 0 atom stereocenters. The fraction of sp³-hybridized carbons (Fsp3) is 0.0526. The van der Waals surface area contributed by atoms with E-state index in [0.717, 1.165) is 55.0 Å². The van der Waals surface area contributed by atoms with Gasteiger partial charge in [-0.2, -0.15) is 0 Å². The molecule has 8 heteroatoms. The Morgan fingerprint density at radius 2 is 1.30 bits per heavy atom. The molecule has 0 aromatic heterocycles. The smallest absolute Gasteiger partial charge is 0.537 e. The highest BCUT2D eigenvalue weighted by Crippen LogP contribution is 2.45. The summed E-state index contributed by atoms with van der Waals surface area (Å²) in [5, 5.41) is 20.1. The number of aliphatic hydroxyl groups is 1. The minimum absolute atomic E-state index is 0.0417. The standard InChI is InChI=1S/C38H26B2N2O4/c1-21-9-15-25(16-10-21)39-41-35-27(19-13-23-5-3-7-29(45-39)31(23)35)33-37(43)34(38(33)44)28-20-14-24-6-4-8-30-32(24)36(28)42-40(46-30)26-17-11-22(2)12-18-26/h3-20,41,43H,1-2H3. The van der Waals surface area contributed by atoms with Crippen molar-refractivity contribution < 1.29 is 19.2 Å². The van der Waals surface area contributed by atoms with Crippen molar-refractivity contribution in [1.82, 2.24) is 0 Å². The van der Waals surface area contributed by atoms with Crippen molar-refractivity contribution in [3.05, 3.63) is 142 Å². The Balaban J connectivity index is 1.24. The molecule has 0 unspecified atom stereocenters. The summed E-state index contributed by atoms with van der Waals surface area (Å²) >= 11 is 0. The second kappa shape index (κ2) is 9.88. The van der Waals surface area contributed by atoms with E-state index in [-0.39, 0.29) is 22.7 Å². The number of ketones is 1. The number of hydrogen-bond donors (Lipinski definition) is 2. The molecule has 9 rings (SSSR count). The molecule has 2 aliphatic heterocycles. The maximum absolute atomic E-state index is 14.2. The number of allylic oxidation sites excluding steroid dienone is 2. The lowest BCUT2D eigenvalue weighted by Gasteiger charge is -2.30. The Labute approximate surface area is 265 Å². The summed E-state index contributed by atoms with van der Waals surface area (Å²) in [5.41, 5.74) is 6.12. The molecule has 218 valence electrons. The third kappa shape index (κ3) is 3.93. The summed E-state index contributed by atoms with van der Waals surface area (Å²) in [6.07, 6.45) is 0. The number of anilines is 1. The largest absolute Gasteiger partial charge is 0.538 e. The predicted octanol–water partition coefficient (Wildman–Crippen LogP) is 4.92. The van der Waals surface area contributed by atoms with Crippen LogP contribution in [0, 0.1) is 13.8 Å². The van der Waals surface area contributed by atoms with Crippen molar-refractivity contribution in [3.8, 4) is 11.5 Å². The van der Waals surface area contributed by atoms with Gasteiger partial charge in [-0.1, -0.05) is 108 Å². The molecule has 6 aromatic carbocycles. The topological polar surface area (TPSA) is 80.2 Å². The van der Waals surface area contributed by atoms with Gasteiger partial charge in [0.05, 0.1) is 16.5 Å². The van der Waals surface area contributed by atoms with Crippen LogP contribution in [0.2, 0.25) is 0 Å². The molecule has 1 aliphatic carbocycles. The predicted molar refractivity (Wildman–Crippen MR) is 185 cm³/mol. The summed E-state index contributed by atoms with van der Waals surface area (Å²) in [6.45, 7) is 4.09. The number of aliphatic hydroxyl groups excluding tert-OH is 1. The van der Waals surface area contributed by atoms with Crippen LogP contribution < -0.4 is 36.0 Å². The molecule has 3 aliphatic rings. The van der Waals surface area contributed by atoms with E-state index in [9.17, 15) is 9.90 Å². The lowest BCUT2D eigenvalue weighted by molar-refractivity contribution is -0.109. The zero-order valence-corrected chi connectivity index (χ0v) is 25.2. The zero-order chi connectivity index (χ0) is 31.1. The van der Waals surface area contributed by atoms with E-state index in [4.69, 9.17) is 14.2 Å². The van der Waals surface area contributed by atoms with Crippen LogP contribution in [0.15, 0.2) is 120 Å². The molecule has 2 heterocycles. The molecule has 46 heavy (non-hydrogen) atoms. The van der Waals surface area contributed by atoms with Crippen LogP contribution in [0.3, 0.4) is 0 Å². The van der Waals surface area contributed by atoms with Gasteiger partial charge < -0.3 is 19.6 Å². The van der Waals surface area contributed by atoms with E-state index in [1.165, 1.54) is 0 Å². The van der Waals surface area contributed by atoms with Gasteiger partial charge in [-0.15, -0.1) is 0 Å². The first-order valence-corrected chi connectivity index (χ1v) is 15.4. The Morgan fingerprint density at radius 1 is 0.674 bits per heavy atom. The normalized spacial score (nSPS) is 16.1. The average Bonchev–Trinajstić information content (AvgIpc) is 3.08. The van der Waals surface area contributed by atoms with Crippen LogP contribution >= 0.6 is 0 Å². The fourth-order valence-corrected chi connectivity index (χ4v) is 6.78. The van der Waals surface area contributed by atoms with Gasteiger partial charge in [0.2, 0.25) is 5.78 Å². The summed E-state index contributed by atoms with van der Waals surface area (Å²) in [7, 11) is -1.03. The third-order valence-electron chi connectivity index (χ3n) is 9.20. The van der Waals surface area contributed by atoms with E-state index in [2.05, 4.69) is 5.23 Å². The minimum Gasteiger partial charge on any atom is -0.537 e. The zero-order valence-electron chi connectivity index (χ0n) is 25.2. The van der Waals surface area contributed by atoms with Gasteiger partial charge in [0, 0.05) is 27.2 Å². The van der Waals surface area contributed by atoms with Gasteiger partial charge in [-0.25, -0.2) is 0 Å². The summed E-state index contributed by atoms with van der Waals surface area (Å²) in [5.74, 6) is 1.15. The molecular weight excluding hydrogens is 570 g/mol. The number of rotatable bonds is 3. The third-order valence-corrected chi connectivity index (χ3v) is 9.20. The number of Topliss-reactive ketones (excluding diaryl/α,β-unsaturated/α-hetero) is 1. The molecule has 0 amide bonds. The van der Waals surface area contributed by atoms with Crippen molar-refractivity contribution >= 4 is 69.2 Å². The average molecular weight is 596 g/mol. The molecule has 0 saturated heterocycles. The summed E-state index contributed by atoms with van der Waals surface area (Å²) < 4.78 is 12.7. The SMILES string of the molecule is Cc1ccc(B2N=c3c(=C4C(=O)C(c5ccc6cccc7c6c5NB(c5ccc(C)cc5)O7)=C4O)ccc4cccc(c34)O2)cc1. The highest BCUT2D eigenvalue weighted by atomic mass is 16.4. The first-order chi connectivity index (χ1) is 22.4. The maximum Gasteiger partial charge on any atom is 0.538 e. The van der Waals surface area contributed by atoms with Crippen molar-refractivity contribution in [2.75, 3.05) is 5.23 Å². The van der Waals surface area contributed by atoms with Crippen LogP contribution in [-0.2, 0) is 4.79 Å². The molecule has 6 nitrogen and oxygen atoms in total. The minimum atomic E-state index is -0.576. The van der Waals surface area contributed by atoms with Gasteiger partial charge in [-0.3, -0.25) is 9.70 Å². The quantitative estimate of drug-likeness (QED) is 0.284. The van der Waals surface area contributed by atoms with Crippen LogP contribution in [0.1, 0.15) is 16.7 Å². The molecule has 2 N–H and O–H groups in total. The van der Waals surface area contributed by atoms with Crippen LogP contribution in [0.4, 0.5) is 5.69 Å². The monoisotopic (exact) mass is 596 g/mol. The molecule has 0 radical (unpaired) electrons. The molecule has 0 bridgehead atoms. The molecule has 0 saturated carbocycles. The van der Waals surface area contributed by atoms with E-state index >= 15 is 0 Å². The Kier molecular flexibility index (Phi) is 5.72. The van der Waals surface area contributed by atoms with Gasteiger partial charge in [0.1, 0.15) is 17.3 Å². The van der Waals surface area contributed by atoms with E-state index in [1.54, 1.807) is 0 Å². The molecule has 0 spiro atoms. The summed E-state index contributed by atoms with van der Waals surface area (Å²) in [4.78, 5) is 19.2. The van der Waals surface area contributed by atoms with Crippen molar-refractivity contribution in [2.45, 2.75) is 13.8 Å². The Hall–Kier alpha value is -5.75. The highest BCUT2D eigenvalue weighted by molar-refractivity contribution is 6.72. The van der Waals surface area contributed by atoms with Crippen molar-refractivity contribution in [1.29, 1.82) is 0 Å². The summed E-state index contributed by atoms with van der Waals surface area (Å²) in [6, 6.07) is 35.8. The number of aryl methyl sites for hydroxylation is 2. The van der Waals surface area contributed by atoms with Gasteiger partial charge in [0.25, 0.3) is 0 Å². The van der Waals surface area contributed by atoms with E-state index < -0.39 is 14.1 Å². The highest BCUT2D eigenvalue weighted by Gasteiger charge is 2.40. The molecular formula is C38H26B2N2O4. The van der Waals surface area contributed by atoms with E-state index in [1.807, 2.05) is 123 Å². The van der Waals surface area contributed by atoms with Crippen molar-refractivity contribution in [2.24, 2.45) is 4.90 Å². The number of carbonyl (C=O) groups excluding carboxylic acids is 1. The Bertz CT molecular complexity index is 2460. The molecule has 0 fully saturated rings. The number of nitrogens with zero attached hydrogens (tertiary/aromatic N) is 1. The number of nitrogens with one attached hydrogen (secondary N) is 1. The maximum atomic E-state index is 14.2. The van der Waals surface area contributed by atoms with Crippen LogP contribution in [0.25, 0.3) is 32.7 Å². The van der Waals surface area contributed by atoms with Crippen LogP contribution in [-0.4, -0.2) is 25.0 Å². The first-order valence-electron chi connectivity index (χ1n) is 15.4. The van der Waals surface area contributed by atoms with Gasteiger partial charge in [0.15, 0.2) is 0 Å².